The Labute approximate surface area is 191 Å². The molecule has 0 unspecified atom stereocenters. The van der Waals surface area contributed by atoms with Gasteiger partial charge in [-0.2, -0.15) is 0 Å². The highest BCUT2D eigenvalue weighted by Gasteiger charge is 2.20. The van der Waals surface area contributed by atoms with Crippen molar-refractivity contribution in [3.05, 3.63) is 35.9 Å². The van der Waals surface area contributed by atoms with Crippen molar-refractivity contribution in [2.75, 3.05) is 0 Å². The summed E-state index contributed by atoms with van der Waals surface area (Å²) in [5, 5.41) is 11.8. The third-order valence-corrected chi connectivity index (χ3v) is 4.85. The Bertz CT molecular complexity index is 683. The molecule has 1 atom stereocenters. The van der Waals surface area contributed by atoms with E-state index in [1.165, 1.54) is 0 Å². The number of ether oxygens (including phenoxy) is 2. The fourth-order valence-corrected chi connectivity index (χ4v) is 3.24. The second kappa shape index (κ2) is 15.3. The van der Waals surface area contributed by atoms with Crippen LogP contribution >= 0.6 is 0 Å². The van der Waals surface area contributed by atoms with E-state index in [-0.39, 0.29) is 12.6 Å². The van der Waals surface area contributed by atoms with E-state index in [0.717, 1.165) is 56.9 Å². The summed E-state index contributed by atoms with van der Waals surface area (Å²) in [5.41, 5.74) is 0.425. The second-order valence-electron chi connectivity index (χ2n) is 9.05. The Hall–Kier alpha value is -2.57. The molecule has 180 valence electrons. The van der Waals surface area contributed by atoms with Gasteiger partial charge in [-0.15, -0.1) is 0 Å². The number of carboxylic acid groups (broad SMARTS) is 1. The molecule has 0 spiro atoms. The fourth-order valence-electron chi connectivity index (χ4n) is 3.24. The number of alkyl carbamates (subject to hydrolysis) is 1. The van der Waals surface area contributed by atoms with Crippen molar-refractivity contribution >= 4 is 18.0 Å². The van der Waals surface area contributed by atoms with Gasteiger partial charge in [0.1, 0.15) is 18.2 Å². The third kappa shape index (κ3) is 14.4. The lowest BCUT2D eigenvalue weighted by atomic mass is 10.0. The minimum atomic E-state index is -1.05. The van der Waals surface area contributed by atoms with Gasteiger partial charge in [0, 0.05) is 6.42 Å². The monoisotopic (exact) mass is 449 g/mol. The lowest BCUT2D eigenvalue weighted by Gasteiger charge is -2.19. The predicted octanol–water partition coefficient (Wildman–Crippen LogP) is 5.61. The number of aliphatic carboxylic acids is 1. The molecule has 1 rings (SSSR count). The SMILES string of the molecule is CC(C)(C)OC(=O)CCCCCCCCCC[C@H](NC(=O)OCc1ccccc1)C(=O)O. The summed E-state index contributed by atoms with van der Waals surface area (Å²) < 4.78 is 10.4. The zero-order valence-corrected chi connectivity index (χ0v) is 19.7. The Kier molecular flexibility index (Phi) is 13.1. The average Bonchev–Trinajstić information content (AvgIpc) is 2.72. The first-order valence-corrected chi connectivity index (χ1v) is 11.6. The molecule has 7 heteroatoms. The van der Waals surface area contributed by atoms with Crippen molar-refractivity contribution in [1.82, 2.24) is 5.32 Å². The zero-order chi connectivity index (χ0) is 23.8. The average molecular weight is 450 g/mol. The zero-order valence-electron chi connectivity index (χ0n) is 19.7. The normalized spacial score (nSPS) is 12.1. The van der Waals surface area contributed by atoms with Crippen LogP contribution in [0.25, 0.3) is 0 Å². The second-order valence-corrected chi connectivity index (χ2v) is 9.05. The standard InChI is InChI=1S/C25H39NO6/c1-25(2,3)32-22(27)18-14-9-7-5-4-6-8-13-17-21(23(28)29)26-24(30)31-19-20-15-11-10-12-16-20/h10-12,15-16,21H,4-9,13-14,17-19H2,1-3H3,(H,26,30)(H,28,29)/t21-/m0/s1. The van der Waals surface area contributed by atoms with Crippen LogP contribution in [-0.4, -0.2) is 34.8 Å². The maximum atomic E-state index is 11.9. The number of unbranched alkanes of at least 4 members (excludes halogenated alkanes) is 7. The molecule has 0 bridgehead atoms. The molecule has 0 aromatic heterocycles. The molecule has 1 amide bonds. The lowest BCUT2D eigenvalue weighted by molar-refractivity contribution is -0.155. The van der Waals surface area contributed by atoms with Crippen LogP contribution in [-0.2, 0) is 25.7 Å². The number of carboxylic acids is 1. The molecule has 0 saturated carbocycles. The molecule has 0 aliphatic carbocycles. The maximum Gasteiger partial charge on any atom is 0.408 e. The van der Waals surface area contributed by atoms with Crippen molar-refractivity contribution in [3.63, 3.8) is 0 Å². The first kappa shape index (κ1) is 27.5. The van der Waals surface area contributed by atoms with Crippen molar-refractivity contribution in [3.8, 4) is 0 Å². The first-order valence-electron chi connectivity index (χ1n) is 11.6. The molecule has 0 fully saturated rings. The lowest BCUT2D eigenvalue weighted by Crippen LogP contribution is -2.40. The summed E-state index contributed by atoms with van der Waals surface area (Å²) in [7, 11) is 0. The van der Waals surface area contributed by atoms with Gasteiger partial charge in [-0.05, 0) is 39.2 Å². The number of hydrogen-bond acceptors (Lipinski definition) is 5. The van der Waals surface area contributed by atoms with Gasteiger partial charge in [-0.25, -0.2) is 9.59 Å². The van der Waals surface area contributed by atoms with Crippen LogP contribution in [0, 0.1) is 0 Å². The molecule has 32 heavy (non-hydrogen) atoms. The largest absolute Gasteiger partial charge is 0.480 e. The fraction of sp³-hybridized carbons (Fsp3) is 0.640. The van der Waals surface area contributed by atoms with Crippen LogP contribution in [0.4, 0.5) is 4.79 Å². The molecule has 0 aliphatic rings. The number of esters is 1. The minimum Gasteiger partial charge on any atom is -0.480 e. The van der Waals surface area contributed by atoms with Gasteiger partial charge >= 0.3 is 18.0 Å². The maximum absolute atomic E-state index is 11.9. The van der Waals surface area contributed by atoms with Crippen molar-refractivity contribution in [1.29, 1.82) is 0 Å². The molecule has 1 aromatic rings. The molecule has 2 N–H and O–H groups in total. The van der Waals surface area contributed by atoms with E-state index >= 15 is 0 Å². The van der Waals surface area contributed by atoms with Crippen LogP contribution in [0.2, 0.25) is 0 Å². The summed E-state index contributed by atoms with van der Waals surface area (Å²) in [6.07, 6.45) is 7.92. The third-order valence-electron chi connectivity index (χ3n) is 4.85. The summed E-state index contributed by atoms with van der Waals surface area (Å²) in [5.74, 6) is -1.19. The number of hydrogen-bond donors (Lipinski definition) is 2. The molecule has 0 saturated heterocycles. The van der Waals surface area contributed by atoms with Crippen molar-refractivity contribution in [2.45, 2.75) is 103 Å². The van der Waals surface area contributed by atoms with Crippen LogP contribution in [0.5, 0.6) is 0 Å². The van der Waals surface area contributed by atoms with E-state index < -0.39 is 23.7 Å². The van der Waals surface area contributed by atoms with Gasteiger partial charge in [0.25, 0.3) is 0 Å². The van der Waals surface area contributed by atoms with E-state index in [2.05, 4.69) is 5.32 Å². The molecule has 7 nitrogen and oxygen atoms in total. The van der Waals surface area contributed by atoms with E-state index in [1.807, 2.05) is 51.1 Å². The van der Waals surface area contributed by atoms with E-state index in [1.54, 1.807) is 0 Å². The van der Waals surface area contributed by atoms with E-state index in [4.69, 9.17) is 9.47 Å². The summed E-state index contributed by atoms with van der Waals surface area (Å²) in [6, 6.07) is 8.30. The molecule has 0 radical (unpaired) electrons. The van der Waals surface area contributed by atoms with Gasteiger partial charge in [-0.1, -0.05) is 75.3 Å². The molecular weight excluding hydrogens is 410 g/mol. The predicted molar refractivity (Wildman–Crippen MR) is 123 cm³/mol. The van der Waals surface area contributed by atoms with Crippen molar-refractivity contribution in [2.24, 2.45) is 0 Å². The number of rotatable bonds is 15. The summed E-state index contributed by atoms with van der Waals surface area (Å²) in [4.78, 5) is 34.9. The van der Waals surface area contributed by atoms with Gasteiger partial charge in [0.05, 0.1) is 0 Å². The van der Waals surface area contributed by atoms with Gasteiger partial charge in [0.2, 0.25) is 0 Å². The highest BCUT2D eigenvalue weighted by molar-refractivity contribution is 5.79. The number of carbonyl (C=O) groups excluding carboxylic acids is 2. The first-order chi connectivity index (χ1) is 15.2. The summed E-state index contributed by atoms with van der Waals surface area (Å²) in [6.45, 7) is 5.72. The smallest absolute Gasteiger partial charge is 0.408 e. The van der Waals surface area contributed by atoms with Crippen LogP contribution < -0.4 is 5.32 Å². The number of carbonyl (C=O) groups is 3. The Morgan fingerprint density at radius 1 is 0.906 bits per heavy atom. The van der Waals surface area contributed by atoms with E-state index in [0.29, 0.717) is 12.8 Å². The number of amides is 1. The molecular formula is C25H39NO6. The van der Waals surface area contributed by atoms with E-state index in [9.17, 15) is 19.5 Å². The Morgan fingerprint density at radius 2 is 1.47 bits per heavy atom. The van der Waals surface area contributed by atoms with Gasteiger partial charge in [0.15, 0.2) is 0 Å². The minimum absolute atomic E-state index is 0.108. The molecule has 0 heterocycles. The van der Waals surface area contributed by atoms with Crippen LogP contribution in [0.1, 0.15) is 90.5 Å². The number of nitrogens with one attached hydrogen (secondary N) is 1. The van der Waals surface area contributed by atoms with Crippen LogP contribution in [0.3, 0.4) is 0 Å². The number of benzene rings is 1. The van der Waals surface area contributed by atoms with Gasteiger partial charge < -0.3 is 19.9 Å². The van der Waals surface area contributed by atoms with Crippen molar-refractivity contribution < 1.29 is 29.0 Å². The summed E-state index contributed by atoms with van der Waals surface area (Å²) >= 11 is 0. The highest BCUT2D eigenvalue weighted by Crippen LogP contribution is 2.14. The Morgan fingerprint density at radius 3 is 2.03 bits per heavy atom. The molecule has 1 aromatic carbocycles. The highest BCUT2D eigenvalue weighted by atomic mass is 16.6. The Balaban J connectivity index is 2.06. The quantitative estimate of drug-likeness (QED) is 0.267. The van der Waals surface area contributed by atoms with Crippen LogP contribution in [0.15, 0.2) is 30.3 Å². The topological polar surface area (TPSA) is 102 Å². The van der Waals surface area contributed by atoms with Gasteiger partial charge in [-0.3, -0.25) is 4.79 Å². The molecule has 0 aliphatic heterocycles.